The highest BCUT2D eigenvalue weighted by molar-refractivity contribution is 6.30. The zero-order valence-electron chi connectivity index (χ0n) is 21.9. The normalized spacial score (nSPS) is 11.2. The number of benzene rings is 4. The zero-order valence-corrected chi connectivity index (χ0v) is 23.4. The molecule has 0 fully saturated rings. The van der Waals surface area contributed by atoms with Crippen LogP contribution in [0.2, 0.25) is 10.0 Å². The van der Waals surface area contributed by atoms with Gasteiger partial charge in [-0.1, -0.05) is 108 Å². The number of aryl methyl sites for hydroxylation is 2. The molecule has 0 radical (unpaired) electrons. The summed E-state index contributed by atoms with van der Waals surface area (Å²) in [5.41, 5.74) is 6.05. The van der Waals surface area contributed by atoms with Gasteiger partial charge in [-0.2, -0.15) is 0 Å². The molecule has 0 amide bonds. The minimum absolute atomic E-state index is 0.433. The number of ether oxygens (including phenoxy) is 1. The number of carbonyl (C=O) groups is 2. The summed E-state index contributed by atoms with van der Waals surface area (Å²) in [5.74, 6) is -0.921. The maximum Gasteiger partial charge on any atom is 0.328 e. The first-order chi connectivity index (χ1) is 19.4. The number of allylic oxidation sites excluding steroid dienone is 2. The molecule has 4 rings (SSSR count). The summed E-state index contributed by atoms with van der Waals surface area (Å²) in [5, 5.41) is 10.4. The quantitative estimate of drug-likeness (QED) is 0.111. The van der Waals surface area contributed by atoms with E-state index in [1.807, 2.05) is 109 Å². The van der Waals surface area contributed by atoms with Crippen LogP contribution in [0.5, 0.6) is 0 Å². The Labute approximate surface area is 245 Å². The molecular weight excluding hydrogens is 543 g/mol. The lowest BCUT2D eigenvalue weighted by Crippen LogP contribution is -1.95. The molecule has 0 atom stereocenters. The summed E-state index contributed by atoms with van der Waals surface area (Å²) in [6.07, 6.45) is 5.82. The average Bonchev–Trinajstić information content (AvgIpc) is 2.96. The summed E-state index contributed by atoms with van der Waals surface area (Å²) < 4.78 is 4.79. The van der Waals surface area contributed by atoms with E-state index in [1.54, 1.807) is 0 Å². The second-order valence-electron chi connectivity index (χ2n) is 8.88. The smallest absolute Gasteiger partial charge is 0.328 e. The van der Waals surface area contributed by atoms with E-state index >= 15 is 0 Å². The number of rotatable bonds is 11. The van der Waals surface area contributed by atoms with E-state index in [4.69, 9.17) is 33.0 Å². The van der Waals surface area contributed by atoms with E-state index in [2.05, 4.69) is 0 Å². The molecule has 4 aromatic carbocycles. The summed E-state index contributed by atoms with van der Waals surface area (Å²) in [6.45, 7) is 0.433. The second-order valence-corrected chi connectivity index (χ2v) is 9.75. The van der Waals surface area contributed by atoms with Gasteiger partial charge in [0.25, 0.3) is 6.47 Å². The second kappa shape index (κ2) is 16.8. The lowest BCUT2D eigenvalue weighted by atomic mass is 9.98. The van der Waals surface area contributed by atoms with Gasteiger partial charge in [-0.3, -0.25) is 4.79 Å². The Balaban J connectivity index is 0.000000220. The highest BCUT2D eigenvalue weighted by Gasteiger charge is 2.06. The predicted octanol–water partition coefficient (Wildman–Crippen LogP) is 8.93. The van der Waals surface area contributed by atoms with Crippen LogP contribution in [0, 0.1) is 0 Å². The van der Waals surface area contributed by atoms with E-state index in [9.17, 15) is 9.59 Å². The van der Waals surface area contributed by atoms with Crippen LogP contribution in [0.4, 0.5) is 0 Å². The van der Waals surface area contributed by atoms with Crippen molar-refractivity contribution in [2.24, 2.45) is 0 Å². The third-order valence-corrected chi connectivity index (χ3v) is 6.47. The van der Waals surface area contributed by atoms with Gasteiger partial charge in [0, 0.05) is 16.1 Å². The van der Waals surface area contributed by atoms with Crippen molar-refractivity contribution in [2.45, 2.75) is 25.7 Å². The van der Waals surface area contributed by atoms with Crippen LogP contribution in [0.1, 0.15) is 35.1 Å². The lowest BCUT2D eigenvalue weighted by molar-refractivity contribution is -0.131. The van der Waals surface area contributed by atoms with Gasteiger partial charge in [0.15, 0.2) is 0 Å². The Bertz CT molecular complexity index is 1430. The Morgan fingerprint density at radius 2 is 1.15 bits per heavy atom. The molecule has 0 unspecified atom stereocenters. The van der Waals surface area contributed by atoms with Gasteiger partial charge in [0.1, 0.15) is 0 Å². The first-order valence-corrected chi connectivity index (χ1v) is 13.5. The number of hydrogen-bond acceptors (Lipinski definition) is 3. The summed E-state index contributed by atoms with van der Waals surface area (Å²) >= 11 is 11.9. The Morgan fingerprint density at radius 3 is 1.60 bits per heavy atom. The highest BCUT2D eigenvalue weighted by Crippen LogP contribution is 2.23. The molecule has 0 aliphatic heterocycles. The van der Waals surface area contributed by atoms with Gasteiger partial charge >= 0.3 is 5.97 Å². The molecule has 0 aromatic heterocycles. The van der Waals surface area contributed by atoms with Gasteiger partial charge in [-0.25, -0.2) is 4.79 Å². The van der Waals surface area contributed by atoms with E-state index in [-0.39, 0.29) is 0 Å². The molecule has 6 heteroatoms. The van der Waals surface area contributed by atoms with Crippen molar-refractivity contribution in [2.75, 3.05) is 0 Å². The molecule has 1 N–H and O–H groups in total. The summed E-state index contributed by atoms with van der Waals surface area (Å²) in [7, 11) is 0. The third kappa shape index (κ3) is 10.9. The molecule has 0 saturated carbocycles. The van der Waals surface area contributed by atoms with Crippen molar-refractivity contribution in [3.05, 3.63) is 154 Å². The largest absolute Gasteiger partial charge is 0.478 e. The van der Waals surface area contributed by atoms with E-state index in [0.29, 0.717) is 17.9 Å². The monoisotopic (exact) mass is 572 g/mol. The fourth-order valence-corrected chi connectivity index (χ4v) is 4.50. The summed E-state index contributed by atoms with van der Waals surface area (Å²) in [6, 6.07) is 34.9. The number of halogens is 2. The predicted molar refractivity (Wildman–Crippen MR) is 163 cm³/mol. The van der Waals surface area contributed by atoms with E-state index < -0.39 is 5.97 Å². The first kappa shape index (κ1) is 30.4. The average molecular weight is 574 g/mol. The minimum atomic E-state index is -0.921. The molecule has 0 saturated heterocycles. The lowest BCUT2D eigenvalue weighted by Gasteiger charge is -2.07. The number of hydrogen-bond donors (Lipinski definition) is 1. The van der Waals surface area contributed by atoms with Gasteiger partial charge in [-0.15, -0.1) is 0 Å². The van der Waals surface area contributed by atoms with Crippen molar-refractivity contribution >= 4 is 46.8 Å². The molecule has 0 aliphatic carbocycles. The number of carbonyl (C=O) groups excluding carboxylic acids is 1. The van der Waals surface area contributed by atoms with Crippen molar-refractivity contribution in [1.82, 2.24) is 0 Å². The van der Waals surface area contributed by atoms with E-state index in [1.165, 1.54) is 12.3 Å². The topological polar surface area (TPSA) is 63.6 Å². The first-order valence-electron chi connectivity index (χ1n) is 12.8. The van der Waals surface area contributed by atoms with Gasteiger partial charge in [0.05, 0.1) is 6.26 Å². The van der Waals surface area contributed by atoms with Crippen molar-refractivity contribution in [3.8, 4) is 0 Å². The van der Waals surface area contributed by atoms with Crippen molar-refractivity contribution in [1.29, 1.82) is 0 Å². The van der Waals surface area contributed by atoms with Crippen LogP contribution in [0.15, 0.2) is 122 Å². The SMILES string of the molecule is O=C(O)/C=C(/CCc1cccc(Cl)c1)c1ccccc1.O=CO/C=C(\CCc1cccc(Cl)c1)c1ccccc1. The van der Waals surface area contributed by atoms with Crippen molar-refractivity contribution in [3.63, 3.8) is 0 Å². The van der Waals surface area contributed by atoms with Crippen molar-refractivity contribution < 1.29 is 19.4 Å². The molecule has 4 nitrogen and oxygen atoms in total. The fraction of sp³-hybridized carbons (Fsp3) is 0.118. The Kier molecular flexibility index (Phi) is 12.7. The maximum atomic E-state index is 11.0. The number of carboxylic acid groups (broad SMARTS) is 1. The standard InChI is InChI=1S/2C17H15ClO2/c18-17-8-4-5-14(11-17)9-10-16(12-20-13-19)15-6-2-1-3-7-15;18-16-8-4-5-13(11-16)9-10-15(12-17(19)20)14-6-2-1-3-7-14/h1-8,11-13H,9-10H2;1-8,11-12H,9-10H2,(H,19,20)/b16-12+;15-12-. The number of carboxylic acids is 1. The molecule has 0 heterocycles. The van der Waals surface area contributed by atoms with Crippen LogP contribution in [-0.4, -0.2) is 17.5 Å². The van der Waals surface area contributed by atoms with E-state index in [0.717, 1.165) is 57.7 Å². The fourth-order valence-electron chi connectivity index (χ4n) is 4.08. The molecule has 0 spiro atoms. The van der Waals surface area contributed by atoms with Gasteiger partial charge in [-0.05, 0) is 83.3 Å². The zero-order chi connectivity index (χ0) is 28.6. The van der Waals surface area contributed by atoms with Crippen LogP contribution < -0.4 is 0 Å². The number of aliphatic carboxylic acids is 1. The molecule has 40 heavy (non-hydrogen) atoms. The van der Waals surface area contributed by atoms with Crippen LogP contribution in [-0.2, 0) is 27.2 Å². The molecule has 4 aromatic rings. The molecule has 204 valence electrons. The Morgan fingerprint density at radius 1 is 0.675 bits per heavy atom. The van der Waals surface area contributed by atoms with Crippen LogP contribution >= 0.6 is 23.2 Å². The van der Waals surface area contributed by atoms with Gasteiger partial charge < -0.3 is 9.84 Å². The maximum absolute atomic E-state index is 11.0. The molecule has 0 bridgehead atoms. The van der Waals surface area contributed by atoms with Crippen LogP contribution in [0.25, 0.3) is 11.1 Å². The minimum Gasteiger partial charge on any atom is -0.478 e. The highest BCUT2D eigenvalue weighted by atomic mass is 35.5. The third-order valence-electron chi connectivity index (χ3n) is 6.00. The van der Waals surface area contributed by atoms with Gasteiger partial charge in [0.2, 0.25) is 0 Å². The Hall–Kier alpha value is -4.12. The molecular formula is C34H30Cl2O4. The molecule has 0 aliphatic rings. The van der Waals surface area contributed by atoms with Crippen LogP contribution in [0.3, 0.4) is 0 Å². The summed E-state index contributed by atoms with van der Waals surface area (Å²) in [4.78, 5) is 21.3.